The Hall–Kier alpha value is -0.390. The summed E-state index contributed by atoms with van der Waals surface area (Å²) in [6, 6.07) is 0. The monoisotopic (exact) mass is 153 g/mol. The minimum absolute atomic E-state index is 0.164. The van der Waals surface area contributed by atoms with E-state index >= 15 is 0 Å². The molecule has 0 bridgehead atoms. The molecule has 1 aliphatic carbocycles. The van der Waals surface area contributed by atoms with Gasteiger partial charge in [-0.25, -0.2) is 0 Å². The summed E-state index contributed by atoms with van der Waals surface area (Å²) in [5.41, 5.74) is 6.24. The Morgan fingerprint density at radius 2 is 2.10 bits per heavy atom. The van der Waals surface area contributed by atoms with Crippen molar-refractivity contribution in [1.29, 1.82) is 0 Å². The third-order valence-electron chi connectivity index (χ3n) is 1.39. The van der Waals surface area contributed by atoms with Gasteiger partial charge in [-0.1, -0.05) is 39.0 Å². The lowest BCUT2D eigenvalue weighted by Crippen LogP contribution is -2.12. The van der Waals surface area contributed by atoms with Gasteiger partial charge in [0.15, 0.2) is 0 Å². The van der Waals surface area contributed by atoms with Crippen molar-refractivity contribution in [2.75, 3.05) is 0 Å². The van der Waals surface area contributed by atoms with Crippen LogP contribution in [0.1, 0.15) is 0 Å². The van der Waals surface area contributed by atoms with Crippen molar-refractivity contribution in [2.24, 2.45) is 5.73 Å². The summed E-state index contributed by atoms with van der Waals surface area (Å²) >= 11 is 0. The van der Waals surface area contributed by atoms with Gasteiger partial charge in [0, 0.05) is 11.4 Å². The molecule has 0 amide bonds. The normalized spacial score (nSPS) is 20.9. The molecule has 1 aliphatic rings. The van der Waals surface area contributed by atoms with Crippen LogP contribution in [0, 0.1) is 0 Å². The number of hydrogen-bond acceptors (Lipinski definition) is 1. The fourth-order valence-electron chi connectivity index (χ4n) is 0.833. The standard InChI is InChI=1S/C8H12NP/c1-2-8(9)10-7-5-3-4-6-7/h2-8,10H,1,9H2. The molecule has 0 aromatic carbocycles. The molecule has 54 valence electrons. The zero-order valence-corrected chi connectivity index (χ0v) is 6.83. The van der Waals surface area contributed by atoms with Gasteiger partial charge >= 0.3 is 0 Å². The summed E-state index contributed by atoms with van der Waals surface area (Å²) in [4.78, 5) is 0. The van der Waals surface area contributed by atoms with Gasteiger partial charge in [-0.05, 0) is 0 Å². The largest absolute Gasteiger partial charge is 0.321 e. The lowest BCUT2D eigenvalue weighted by atomic mass is 10.5. The van der Waals surface area contributed by atoms with Crippen molar-refractivity contribution in [3.05, 3.63) is 37.0 Å². The molecule has 0 aromatic heterocycles. The average molecular weight is 153 g/mol. The van der Waals surface area contributed by atoms with Crippen molar-refractivity contribution in [2.45, 2.75) is 11.4 Å². The Balaban J connectivity index is 2.31. The molecule has 0 spiro atoms. The fraction of sp³-hybridized carbons (Fsp3) is 0.250. The maximum absolute atomic E-state index is 5.68. The third-order valence-corrected chi connectivity index (χ3v) is 2.78. The third kappa shape index (κ3) is 2.09. The second-order valence-electron chi connectivity index (χ2n) is 2.22. The second-order valence-corrected chi connectivity index (χ2v) is 3.89. The minimum atomic E-state index is 0.164. The highest BCUT2D eigenvalue weighted by molar-refractivity contribution is 7.40. The predicted molar refractivity (Wildman–Crippen MR) is 48.6 cm³/mol. The lowest BCUT2D eigenvalue weighted by molar-refractivity contribution is 1.14. The van der Waals surface area contributed by atoms with Crippen LogP contribution in [0.4, 0.5) is 0 Å². The molecule has 0 aliphatic heterocycles. The molecule has 2 unspecified atom stereocenters. The van der Waals surface area contributed by atoms with Gasteiger partial charge in [-0.3, -0.25) is 0 Å². The van der Waals surface area contributed by atoms with E-state index in [1.165, 1.54) is 0 Å². The number of nitrogens with two attached hydrogens (primary N) is 1. The van der Waals surface area contributed by atoms with Crippen LogP contribution in [-0.4, -0.2) is 11.4 Å². The van der Waals surface area contributed by atoms with Gasteiger partial charge < -0.3 is 5.73 Å². The van der Waals surface area contributed by atoms with Crippen molar-refractivity contribution in [3.63, 3.8) is 0 Å². The zero-order valence-electron chi connectivity index (χ0n) is 5.83. The van der Waals surface area contributed by atoms with Crippen LogP contribution >= 0.6 is 8.58 Å². The Labute approximate surface area is 63.5 Å². The summed E-state index contributed by atoms with van der Waals surface area (Å²) < 4.78 is 0. The van der Waals surface area contributed by atoms with Crippen molar-refractivity contribution in [1.82, 2.24) is 0 Å². The van der Waals surface area contributed by atoms with Crippen LogP contribution in [0.15, 0.2) is 37.0 Å². The molecule has 0 heterocycles. The molecule has 2 atom stereocenters. The first-order valence-corrected chi connectivity index (χ1v) is 4.47. The minimum Gasteiger partial charge on any atom is -0.321 e. The zero-order chi connectivity index (χ0) is 7.40. The van der Waals surface area contributed by atoms with Gasteiger partial charge in [0.1, 0.15) is 0 Å². The van der Waals surface area contributed by atoms with Crippen molar-refractivity contribution in [3.8, 4) is 0 Å². The molecule has 10 heavy (non-hydrogen) atoms. The first-order valence-electron chi connectivity index (χ1n) is 3.32. The molecular formula is C8H12NP. The van der Waals surface area contributed by atoms with Crippen LogP contribution in [0.5, 0.6) is 0 Å². The molecule has 0 saturated carbocycles. The van der Waals surface area contributed by atoms with Crippen LogP contribution in [0.25, 0.3) is 0 Å². The van der Waals surface area contributed by atoms with Crippen molar-refractivity contribution >= 4 is 8.58 Å². The van der Waals surface area contributed by atoms with Crippen LogP contribution in [-0.2, 0) is 0 Å². The summed E-state index contributed by atoms with van der Waals surface area (Å²) in [6.45, 7) is 3.64. The van der Waals surface area contributed by atoms with E-state index in [0.717, 1.165) is 8.58 Å². The van der Waals surface area contributed by atoms with Crippen LogP contribution in [0.2, 0.25) is 0 Å². The predicted octanol–water partition coefficient (Wildman–Crippen LogP) is 1.63. The van der Waals surface area contributed by atoms with E-state index in [9.17, 15) is 0 Å². The van der Waals surface area contributed by atoms with Crippen LogP contribution in [0.3, 0.4) is 0 Å². The SMILES string of the molecule is C=CC(N)PC1C=CC=C1. The van der Waals surface area contributed by atoms with E-state index in [4.69, 9.17) is 5.73 Å². The molecule has 0 fully saturated rings. The first-order chi connectivity index (χ1) is 4.83. The number of rotatable bonds is 3. The van der Waals surface area contributed by atoms with Gasteiger partial charge in [-0.2, -0.15) is 0 Å². The highest BCUT2D eigenvalue weighted by atomic mass is 31.1. The Morgan fingerprint density at radius 1 is 1.50 bits per heavy atom. The highest BCUT2D eigenvalue weighted by Gasteiger charge is 2.05. The first kappa shape index (κ1) is 7.71. The smallest absolute Gasteiger partial charge is 0.0403 e. The van der Waals surface area contributed by atoms with E-state index in [2.05, 4.69) is 30.9 Å². The Kier molecular flexibility index (Phi) is 2.85. The lowest BCUT2D eigenvalue weighted by Gasteiger charge is -2.08. The maximum Gasteiger partial charge on any atom is 0.0403 e. The molecule has 2 heteroatoms. The second kappa shape index (κ2) is 3.70. The van der Waals surface area contributed by atoms with E-state index < -0.39 is 0 Å². The van der Waals surface area contributed by atoms with Gasteiger partial charge in [0.05, 0.1) is 0 Å². The van der Waals surface area contributed by atoms with E-state index in [1.807, 2.05) is 0 Å². The fourth-order valence-corrected chi connectivity index (χ4v) is 1.86. The Bertz CT molecular complexity index is 160. The summed E-state index contributed by atoms with van der Waals surface area (Å²) in [6.07, 6.45) is 10.3. The Morgan fingerprint density at radius 3 is 2.60 bits per heavy atom. The molecule has 1 nitrogen and oxygen atoms in total. The molecule has 1 rings (SSSR count). The summed E-state index contributed by atoms with van der Waals surface area (Å²) in [7, 11) is 0.746. The molecule has 0 radical (unpaired) electrons. The van der Waals surface area contributed by atoms with Crippen molar-refractivity contribution < 1.29 is 0 Å². The highest BCUT2D eigenvalue weighted by Crippen LogP contribution is 2.27. The molecule has 2 N–H and O–H groups in total. The molecule has 0 saturated heterocycles. The average Bonchev–Trinajstić information content (AvgIpc) is 2.40. The topological polar surface area (TPSA) is 26.0 Å². The maximum atomic E-state index is 5.68. The molecular weight excluding hydrogens is 141 g/mol. The summed E-state index contributed by atoms with van der Waals surface area (Å²) in [5.74, 6) is 0.164. The van der Waals surface area contributed by atoms with Gasteiger partial charge in [-0.15, -0.1) is 6.58 Å². The van der Waals surface area contributed by atoms with E-state index in [-0.39, 0.29) is 5.78 Å². The van der Waals surface area contributed by atoms with E-state index in [1.54, 1.807) is 6.08 Å². The summed E-state index contributed by atoms with van der Waals surface area (Å²) in [5, 5.41) is 0. The number of hydrogen-bond donors (Lipinski definition) is 1. The van der Waals surface area contributed by atoms with Crippen LogP contribution < -0.4 is 5.73 Å². The number of allylic oxidation sites excluding steroid dienone is 4. The van der Waals surface area contributed by atoms with Gasteiger partial charge in [0.2, 0.25) is 0 Å². The molecule has 0 aromatic rings. The quantitative estimate of drug-likeness (QED) is 0.484. The van der Waals surface area contributed by atoms with E-state index in [0.29, 0.717) is 5.66 Å². The van der Waals surface area contributed by atoms with Gasteiger partial charge in [0.25, 0.3) is 0 Å².